The molecule has 0 N–H and O–H groups in total. The number of nitrogens with zero attached hydrogens (tertiary/aromatic N) is 1. The van der Waals surface area contributed by atoms with Gasteiger partial charge in [-0.3, -0.25) is 4.48 Å². The topological polar surface area (TPSA) is 40.1 Å². The van der Waals surface area contributed by atoms with E-state index in [1.54, 1.807) is 0 Å². The monoisotopic (exact) mass is 277 g/mol. The molecule has 0 radical (unpaired) electrons. The highest BCUT2D eigenvalue weighted by Gasteiger charge is 2.45. The van der Waals surface area contributed by atoms with E-state index in [9.17, 15) is 9.90 Å². The number of piperidine rings is 1. The predicted molar refractivity (Wildman–Crippen MR) is 61.7 cm³/mol. The molecule has 1 rings (SSSR count). The summed E-state index contributed by atoms with van der Waals surface area (Å²) in [5.41, 5.74) is -0.278. The number of hydrogen-bond donors (Lipinski definition) is 0. The summed E-state index contributed by atoms with van der Waals surface area (Å²) >= 11 is 3.46. The molecule has 1 aliphatic heterocycles. The second-order valence-corrected chi connectivity index (χ2v) is 6.12. The molecule has 0 aromatic heterocycles. The van der Waals surface area contributed by atoms with Crippen molar-refractivity contribution in [1.29, 1.82) is 0 Å². The number of likely N-dealkylation sites (tertiary alicyclic amines) is 1. The van der Waals surface area contributed by atoms with Gasteiger partial charge in [0.2, 0.25) is 0 Å². The van der Waals surface area contributed by atoms with Crippen LogP contribution in [0.3, 0.4) is 0 Å². The fraction of sp³-hybridized carbons (Fsp3) is 0.909. The van der Waals surface area contributed by atoms with E-state index in [-0.39, 0.29) is 10.0 Å². The van der Waals surface area contributed by atoms with Crippen molar-refractivity contribution in [2.45, 2.75) is 39.2 Å². The van der Waals surface area contributed by atoms with Crippen molar-refractivity contribution in [2.75, 3.05) is 18.4 Å². The fourth-order valence-corrected chi connectivity index (χ4v) is 2.98. The SMILES string of the molecule is CC(C)(C)[N+]1(C(=O)[O-])CCC[C@H](CBr)C1. The molecule has 1 unspecified atom stereocenters. The van der Waals surface area contributed by atoms with Crippen LogP contribution in [0.5, 0.6) is 0 Å². The molecule has 2 atom stereocenters. The van der Waals surface area contributed by atoms with Crippen molar-refractivity contribution in [1.82, 2.24) is 0 Å². The summed E-state index contributed by atoms with van der Waals surface area (Å²) in [5.74, 6) is 0.455. The van der Waals surface area contributed by atoms with Gasteiger partial charge in [0.1, 0.15) is 0 Å². The number of carboxylic acid groups (broad SMARTS) is 1. The van der Waals surface area contributed by atoms with Gasteiger partial charge in [-0.25, -0.2) is 0 Å². The molecule has 15 heavy (non-hydrogen) atoms. The van der Waals surface area contributed by atoms with Gasteiger partial charge in [0.15, 0.2) is 0 Å². The van der Waals surface area contributed by atoms with Gasteiger partial charge in [0.25, 0.3) is 6.09 Å². The zero-order valence-electron chi connectivity index (χ0n) is 9.75. The third kappa shape index (κ3) is 2.36. The summed E-state index contributed by atoms with van der Waals surface area (Å²) in [6, 6.07) is 0. The summed E-state index contributed by atoms with van der Waals surface area (Å²) in [6.45, 7) is 7.35. The van der Waals surface area contributed by atoms with Crippen LogP contribution in [-0.4, -0.2) is 34.5 Å². The molecule has 1 saturated heterocycles. The molecule has 0 bridgehead atoms. The largest absolute Gasteiger partial charge is 0.498 e. The van der Waals surface area contributed by atoms with E-state index < -0.39 is 6.09 Å². The van der Waals surface area contributed by atoms with Crippen molar-refractivity contribution < 1.29 is 14.4 Å². The molecule has 0 aromatic carbocycles. The molecule has 0 saturated carbocycles. The highest BCUT2D eigenvalue weighted by atomic mass is 79.9. The molecule has 1 aliphatic rings. The molecule has 3 nitrogen and oxygen atoms in total. The minimum atomic E-state index is -0.923. The molecular weight excluding hydrogens is 258 g/mol. The number of amides is 1. The molecule has 88 valence electrons. The Morgan fingerprint density at radius 1 is 1.53 bits per heavy atom. The minimum absolute atomic E-state index is 0.100. The van der Waals surface area contributed by atoms with Crippen LogP contribution in [0.25, 0.3) is 0 Å². The van der Waals surface area contributed by atoms with Crippen molar-refractivity contribution in [2.24, 2.45) is 5.92 Å². The quantitative estimate of drug-likeness (QED) is 0.541. The molecule has 4 heteroatoms. The minimum Gasteiger partial charge on any atom is -0.498 e. The van der Waals surface area contributed by atoms with Crippen LogP contribution in [0.2, 0.25) is 0 Å². The summed E-state index contributed by atoms with van der Waals surface area (Å²) in [7, 11) is 0. The van der Waals surface area contributed by atoms with Crippen LogP contribution in [0.15, 0.2) is 0 Å². The van der Waals surface area contributed by atoms with Gasteiger partial charge in [-0.15, -0.1) is 0 Å². The van der Waals surface area contributed by atoms with Gasteiger partial charge in [-0.05, 0) is 33.6 Å². The van der Waals surface area contributed by atoms with Crippen molar-refractivity contribution in [3.63, 3.8) is 0 Å². The number of carbonyl (C=O) groups is 1. The average Bonchev–Trinajstić information content (AvgIpc) is 2.16. The zero-order valence-corrected chi connectivity index (χ0v) is 11.3. The van der Waals surface area contributed by atoms with Crippen LogP contribution in [-0.2, 0) is 0 Å². The van der Waals surface area contributed by atoms with Gasteiger partial charge in [-0.1, -0.05) is 15.9 Å². The maximum Gasteiger partial charge on any atom is 0.257 e. The normalized spacial score (nSPS) is 32.7. The first-order valence-electron chi connectivity index (χ1n) is 5.48. The highest BCUT2D eigenvalue weighted by Crippen LogP contribution is 2.33. The number of hydrogen-bond acceptors (Lipinski definition) is 2. The predicted octanol–water partition coefficient (Wildman–Crippen LogP) is 1.75. The lowest BCUT2D eigenvalue weighted by Gasteiger charge is -2.51. The van der Waals surface area contributed by atoms with Gasteiger partial charge in [0.05, 0.1) is 18.6 Å². The Morgan fingerprint density at radius 3 is 2.53 bits per heavy atom. The van der Waals surface area contributed by atoms with E-state index in [4.69, 9.17) is 0 Å². The molecular formula is C11H20BrNO2. The third-order valence-corrected chi connectivity index (χ3v) is 4.49. The summed E-state index contributed by atoms with van der Waals surface area (Å²) in [5, 5.41) is 12.3. The van der Waals surface area contributed by atoms with Gasteiger partial charge in [0, 0.05) is 11.2 Å². The number of quaternary nitrogens is 1. The van der Waals surface area contributed by atoms with Crippen LogP contribution >= 0.6 is 15.9 Å². The van der Waals surface area contributed by atoms with Crippen molar-refractivity contribution >= 4 is 22.0 Å². The lowest BCUT2D eigenvalue weighted by molar-refractivity contribution is -0.926. The molecule has 0 aliphatic carbocycles. The summed E-state index contributed by atoms with van der Waals surface area (Å²) < 4.78 is 0.100. The summed E-state index contributed by atoms with van der Waals surface area (Å²) in [6.07, 6.45) is 1.17. The first-order chi connectivity index (χ1) is 6.83. The van der Waals surface area contributed by atoms with Crippen LogP contribution in [0.1, 0.15) is 33.6 Å². The number of carbonyl (C=O) groups excluding carboxylic acids is 1. The fourth-order valence-electron chi connectivity index (χ4n) is 2.45. The van der Waals surface area contributed by atoms with E-state index in [1.165, 1.54) is 0 Å². The van der Waals surface area contributed by atoms with Gasteiger partial charge >= 0.3 is 0 Å². The second kappa shape index (κ2) is 4.42. The zero-order chi connectivity index (χ0) is 11.7. The lowest BCUT2D eigenvalue weighted by Crippen LogP contribution is -2.70. The van der Waals surface area contributed by atoms with Crippen molar-refractivity contribution in [3.8, 4) is 0 Å². The van der Waals surface area contributed by atoms with E-state index in [0.717, 1.165) is 18.2 Å². The summed E-state index contributed by atoms with van der Waals surface area (Å²) in [4.78, 5) is 11.4. The lowest BCUT2D eigenvalue weighted by atomic mass is 9.91. The Bertz CT molecular complexity index is 249. The van der Waals surface area contributed by atoms with Gasteiger partial charge < -0.3 is 9.90 Å². The average molecular weight is 278 g/mol. The van der Waals surface area contributed by atoms with Crippen LogP contribution in [0.4, 0.5) is 4.79 Å². The van der Waals surface area contributed by atoms with E-state index in [2.05, 4.69) is 15.9 Å². The number of rotatable bonds is 1. The Hall–Kier alpha value is -0.0900. The third-order valence-electron chi connectivity index (χ3n) is 3.57. The first-order valence-corrected chi connectivity index (χ1v) is 6.60. The molecule has 0 aromatic rings. The second-order valence-electron chi connectivity index (χ2n) is 5.47. The van der Waals surface area contributed by atoms with Crippen LogP contribution < -0.4 is 5.11 Å². The van der Waals surface area contributed by atoms with E-state index in [1.807, 2.05) is 20.8 Å². The van der Waals surface area contributed by atoms with Gasteiger partial charge in [-0.2, -0.15) is 0 Å². The Labute approximate surface area is 100 Å². The van der Waals surface area contributed by atoms with E-state index in [0.29, 0.717) is 19.0 Å². The maximum absolute atomic E-state index is 11.4. The van der Waals surface area contributed by atoms with Crippen LogP contribution in [0, 0.1) is 5.92 Å². The Kier molecular flexibility index (Phi) is 3.82. The number of alkyl halides is 1. The highest BCUT2D eigenvalue weighted by molar-refractivity contribution is 9.09. The Balaban J connectivity index is 2.96. The maximum atomic E-state index is 11.4. The first kappa shape index (κ1) is 13.0. The number of halogens is 1. The van der Waals surface area contributed by atoms with E-state index >= 15 is 0 Å². The standard InChI is InChI=1S/C11H20BrNO2/c1-11(2,3)13(10(14)15)6-4-5-9(7-12)8-13/h9H,4-8H2,1-3H3/t9-,13?/m1/s1. The Morgan fingerprint density at radius 2 is 2.13 bits per heavy atom. The smallest absolute Gasteiger partial charge is 0.257 e. The molecule has 0 spiro atoms. The molecule has 1 amide bonds. The molecule has 1 heterocycles. The molecule has 1 fully saturated rings. The van der Waals surface area contributed by atoms with Crippen molar-refractivity contribution in [3.05, 3.63) is 0 Å².